The van der Waals surface area contributed by atoms with Gasteiger partial charge in [-0.05, 0) is 5.56 Å². The van der Waals surface area contributed by atoms with Gasteiger partial charge in [0.15, 0.2) is 0 Å². The zero-order valence-electron chi connectivity index (χ0n) is 9.77. The van der Waals surface area contributed by atoms with Crippen molar-refractivity contribution in [2.75, 3.05) is 0 Å². The number of nitriles is 1. The maximum atomic E-state index is 11.4. The van der Waals surface area contributed by atoms with Gasteiger partial charge in [-0.2, -0.15) is 5.26 Å². The van der Waals surface area contributed by atoms with Gasteiger partial charge in [0.25, 0.3) is 5.56 Å². The molecular formula is C14H9N3O2. The highest BCUT2D eigenvalue weighted by Crippen LogP contribution is 2.31. The van der Waals surface area contributed by atoms with Crippen LogP contribution < -0.4 is 5.56 Å². The van der Waals surface area contributed by atoms with Crippen molar-refractivity contribution in [2.45, 2.75) is 0 Å². The fourth-order valence-corrected chi connectivity index (χ4v) is 2.11. The van der Waals surface area contributed by atoms with E-state index in [-0.39, 0.29) is 5.75 Å². The number of hydrogen-bond donors (Lipinski definition) is 3. The first-order valence-corrected chi connectivity index (χ1v) is 5.64. The predicted octanol–water partition coefficient (Wildman–Crippen LogP) is 2.10. The van der Waals surface area contributed by atoms with Crippen molar-refractivity contribution >= 4 is 11.0 Å². The van der Waals surface area contributed by atoms with Crippen LogP contribution in [-0.2, 0) is 0 Å². The molecule has 0 aliphatic heterocycles. The zero-order chi connectivity index (χ0) is 13.4. The van der Waals surface area contributed by atoms with Gasteiger partial charge in [0.2, 0.25) is 0 Å². The van der Waals surface area contributed by atoms with E-state index in [2.05, 4.69) is 16.0 Å². The molecule has 0 spiro atoms. The molecule has 5 nitrogen and oxygen atoms in total. The number of fused-ring (bicyclic) bond motifs is 1. The van der Waals surface area contributed by atoms with Crippen LogP contribution >= 0.6 is 0 Å². The Kier molecular flexibility index (Phi) is 2.36. The maximum absolute atomic E-state index is 11.4. The Balaban J connectivity index is 2.42. The van der Waals surface area contributed by atoms with Gasteiger partial charge in [0.1, 0.15) is 22.9 Å². The summed E-state index contributed by atoms with van der Waals surface area (Å²) in [4.78, 5) is 16.9. The number of H-pyrrole nitrogens is 2. The van der Waals surface area contributed by atoms with Crippen LogP contribution in [0.5, 0.6) is 5.75 Å². The summed E-state index contributed by atoms with van der Waals surface area (Å²) in [5.74, 6) is -0.169. The molecular weight excluding hydrogens is 242 g/mol. The lowest BCUT2D eigenvalue weighted by molar-refractivity contribution is 0.479. The van der Waals surface area contributed by atoms with Crippen molar-refractivity contribution in [2.24, 2.45) is 0 Å². The van der Waals surface area contributed by atoms with Crippen LogP contribution in [0.1, 0.15) is 5.56 Å². The Hall–Kier alpha value is -3.00. The summed E-state index contributed by atoms with van der Waals surface area (Å²) in [5, 5.41) is 19.0. The van der Waals surface area contributed by atoms with Crippen LogP contribution in [0.3, 0.4) is 0 Å². The molecule has 0 radical (unpaired) electrons. The molecule has 5 heteroatoms. The molecule has 3 N–H and O–H groups in total. The van der Waals surface area contributed by atoms with E-state index in [1.165, 1.54) is 0 Å². The number of nitrogens with zero attached hydrogens (tertiary/aromatic N) is 1. The third-order valence-corrected chi connectivity index (χ3v) is 2.95. The van der Waals surface area contributed by atoms with E-state index in [0.717, 1.165) is 11.6 Å². The molecule has 92 valence electrons. The fourth-order valence-electron chi connectivity index (χ4n) is 2.11. The first-order chi connectivity index (χ1) is 9.20. The van der Waals surface area contributed by atoms with Gasteiger partial charge in [0.05, 0.1) is 11.2 Å². The summed E-state index contributed by atoms with van der Waals surface area (Å²) < 4.78 is 0. The average molecular weight is 251 g/mol. The zero-order valence-corrected chi connectivity index (χ0v) is 9.77. The lowest BCUT2D eigenvalue weighted by Crippen LogP contribution is -2.02. The van der Waals surface area contributed by atoms with Gasteiger partial charge in [-0.25, -0.2) is 0 Å². The first kappa shape index (κ1) is 11.1. The number of aromatic hydroxyl groups is 1. The highest BCUT2D eigenvalue weighted by molar-refractivity contribution is 5.93. The number of aromatic nitrogens is 2. The van der Waals surface area contributed by atoms with E-state index in [1.807, 2.05) is 30.3 Å². The maximum Gasteiger partial charge on any atom is 0.252 e. The molecule has 0 aliphatic carbocycles. The smallest absolute Gasteiger partial charge is 0.252 e. The molecule has 0 bridgehead atoms. The van der Waals surface area contributed by atoms with Crippen LogP contribution in [0.2, 0.25) is 0 Å². The molecule has 2 aromatic heterocycles. The fraction of sp³-hybridized carbons (Fsp3) is 0. The van der Waals surface area contributed by atoms with Crippen molar-refractivity contribution in [1.82, 2.24) is 9.97 Å². The quantitative estimate of drug-likeness (QED) is 0.618. The summed E-state index contributed by atoms with van der Waals surface area (Å²) in [7, 11) is 0. The highest BCUT2D eigenvalue weighted by Gasteiger charge is 2.16. The van der Waals surface area contributed by atoms with Gasteiger partial charge < -0.3 is 15.1 Å². The van der Waals surface area contributed by atoms with Crippen molar-refractivity contribution in [3.63, 3.8) is 0 Å². The van der Waals surface area contributed by atoms with Gasteiger partial charge >= 0.3 is 0 Å². The van der Waals surface area contributed by atoms with Crippen LogP contribution in [0.15, 0.2) is 41.2 Å². The lowest BCUT2D eigenvalue weighted by Gasteiger charge is -1.97. The predicted molar refractivity (Wildman–Crippen MR) is 70.7 cm³/mol. The van der Waals surface area contributed by atoms with E-state index >= 15 is 0 Å². The Morgan fingerprint density at radius 1 is 1.11 bits per heavy atom. The molecule has 0 atom stereocenters. The normalized spacial score (nSPS) is 10.5. The summed E-state index contributed by atoms with van der Waals surface area (Å²) >= 11 is 0. The minimum atomic E-state index is -0.444. The molecule has 0 amide bonds. The van der Waals surface area contributed by atoms with Crippen LogP contribution in [0, 0.1) is 11.3 Å². The lowest BCUT2D eigenvalue weighted by atomic mass is 10.1. The van der Waals surface area contributed by atoms with Crippen LogP contribution in [0.25, 0.3) is 22.3 Å². The summed E-state index contributed by atoms with van der Waals surface area (Å²) in [6.45, 7) is 0. The number of hydrogen-bond acceptors (Lipinski definition) is 3. The standard InChI is InChI=1S/C14H9N3O2/c15-7-9-12(8-4-2-1-3-5-8)17-14-10(18)6-11(19)16-13(9)14/h1-6,17H,(H2,16,18,19). The molecule has 3 rings (SSSR count). The second kappa shape index (κ2) is 4.03. The van der Waals surface area contributed by atoms with Crippen molar-refractivity contribution in [3.05, 3.63) is 52.3 Å². The molecule has 0 aliphatic rings. The van der Waals surface area contributed by atoms with Gasteiger partial charge in [-0.3, -0.25) is 4.79 Å². The Morgan fingerprint density at radius 3 is 2.53 bits per heavy atom. The van der Waals surface area contributed by atoms with Crippen LogP contribution in [-0.4, -0.2) is 15.1 Å². The van der Waals surface area contributed by atoms with Gasteiger partial charge in [0, 0.05) is 6.07 Å². The third-order valence-electron chi connectivity index (χ3n) is 2.95. The third kappa shape index (κ3) is 1.67. The Labute approximate surface area is 107 Å². The molecule has 0 saturated heterocycles. The first-order valence-electron chi connectivity index (χ1n) is 5.64. The van der Waals surface area contributed by atoms with Crippen molar-refractivity contribution < 1.29 is 5.11 Å². The monoisotopic (exact) mass is 251 g/mol. The van der Waals surface area contributed by atoms with Crippen LogP contribution in [0.4, 0.5) is 0 Å². The Morgan fingerprint density at radius 2 is 1.84 bits per heavy atom. The summed E-state index contributed by atoms with van der Waals surface area (Å²) in [5.41, 5.74) is 1.95. The van der Waals surface area contributed by atoms with E-state index in [4.69, 9.17) is 0 Å². The van der Waals surface area contributed by atoms with Gasteiger partial charge in [-0.15, -0.1) is 0 Å². The number of rotatable bonds is 1. The Bertz CT molecular complexity index is 854. The number of nitrogens with one attached hydrogen (secondary N) is 2. The molecule has 3 aromatic rings. The summed E-state index contributed by atoms with van der Waals surface area (Å²) in [6.07, 6.45) is 0. The highest BCUT2D eigenvalue weighted by atomic mass is 16.3. The minimum absolute atomic E-state index is 0.169. The minimum Gasteiger partial charge on any atom is -0.505 e. The molecule has 0 fully saturated rings. The summed E-state index contributed by atoms with van der Waals surface area (Å²) in [6, 6.07) is 12.4. The molecule has 2 heterocycles. The molecule has 1 aromatic carbocycles. The number of aromatic amines is 2. The van der Waals surface area contributed by atoms with E-state index in [0.29, 0.717) is 22.3 Å². The van der Waals surface area contributed by atoms with Crippen molar-refractivity contribution in [1.29, 1.82) is 5.26 Å². The van der Waals surface area contributed by atoms with E-state index in [1.54, 1.807) is 0 Å². The number of benzene rings is 1. The SMILES string of the molecule is N#Cc1c(-c2ccccc2)[nH]c2c(O)cc(=O)[nH]c12. The van der Waals surface area contributed by atoms with Crippen molar-refractivity contribution in [3.8, 4) is 23.1 Å². The molecule has 0 unspecified atom stereocenters. The second-order valence-electron chi connectivity index (χ2n) is 4.12. The topological polar surface area (TPSA) is 92.7 Å². The molecule has 0 saturated carbocycles. The van der Waals surface area contributed by atoms with Gasteiger partial charge in [-0.1, -0.05) is 30.3 Å². The number of pyridine rings is 1. The average Bonchev–Trinajstić information content (AvgIpc) is 2.78. The second-order valence-corrected chi connectivity index (χ2v) is 4.12. The van der Waals surface area contributed by atoms with E-state index in [9.17, 15) is 15.2 Å². The molecule has 19 heavy (non-hydrogen) atoms. The van der Waals surface area contributed by atoms with E-state index < -0.39 is 5.56 Å². The largest absolute Gasteiger partial charge is 0.505 e.